The number of rotatable bonds is 7. The van der Waals surface area contributed by atoms with Gasteiger partial charge in [-0.1, -0.05) is 17.7 Å². The van der Waals surface area contributed by atoms with Crippen LogP contribution in [0, 0.1) is 0 Å². The predicted molar refractivity (Wildman–Crippen MR) is 142 cm³/mol. The van der Waals surface area contributed by atoms with Crippen LogP contribution in [0.5, 0.6) is 0 Å². The van der Waals surface area contributed by atoms with E-state index in [9.17, 15) is 14.4 Å². The van der Waals surface area contributed by atoms with Crippen LogP contribution in [0.15, 0.2) is 47.3 Å². The van der Waals surface area contributed by atoms with Crippen LogP contribution in [0.2, 0.25) is 5.02 Å². The van der Waals surface area contributed by atoms with Gasteiger partial charge < -0.3 is 15.5 Å². The Morgan fingerprint density at radius 1 is 1.17 bits per heavy atom. The molecule has 1 saturated heterocycles. The number of benzene rings is 1. The summed E-state index contributed by atoms with van der Waals surface area (Å²) < 4.78 is 1.39. The van der Waals surface area contributed by atoms with Crippen LogP contribution in [0.4, 0.5) is 0 Å². The summed E-state index contributed by atoms with van der Waals surface area (Å²) in [5.41, 5.74) is 2.16. The maximum Gasteiger partial charge on any atom is 0.272 e. The summed E-state index contributed by atoms with van der Waals surface area (Å²) in [5, 5.41) is 11.2. The first-order valence-electron chi connectivity index (χ1n) is 12.0. The van der Waals surface area contributed by atoms with Crippen molar-refractivity contribution in [3.05, 3.63) is 74.0 Å². The van der Waals surface area contributed by atoms with Crippen molar-refractivity contribution in [2.75, 3.05) is 20.1 Å². The van der Waals surface area contributed by atoms with Gasteiger partial charge in [-0.3, -0.25) is 14.4 Å². The van der Waals surface area contributed by atoms with Gasteiger partial charge in [0.1, 0.15) is 5.69 Å². The van der Waals surface area contributed by atoms with Gasteiger partial charge in [-0.2, -0.15) is 5.10 Å². The van der Waals surface area contributed by atoms with Crippen molar-refractivity contribution >= 4 is 34.8 Å². The van der Waals surface area contributed by atoms with Crippen molar-refractivity contribution in [1.82, 2.24) is 25.3 Å². The van der Waals surface area contributed by atoms with Gasteiger partial charge in [0, 0.05) is 47.4 Å². The molecule has 4 rings (SSSR count). The fourth-order valence-corrected chi connectivity index (χ4v) is 5.66. The minimum atomic E-state index is -0.342. The van der Waals surface area contributed by atoms with Crippen LogP contribution in [-0.2, 0) is 11.3 Å². The molecule has 0 radical (unpaired) electrons. The molecule has 1 fully saturated rings. The molecule has 0 unspecified atom stereocenters. The molecule has 8 nitrogen and oxygen atoms in total. The van der Waals surface area contributed by atoms with Crippen molar-refractivity contribution in [1.29, 1.82) is 0 Å². The molecule has 190 valence electrons. The van der Waals surface area contributed by atoms with Gasteiger partial charge in [0.25, 0.3) is 11.5 Å². The van der Waals surface area contributed by atoms with E-state index in [1.807, 2.05) is 44.3 Å². The number of likely N-dealkylation sites (tertiary alicyclic amines) is 1. The number of piperidine rings is 1. The largest absolute Gasteiger partial charge is 0.343 e. The number of nitrogens with one attached hydrogen (secondary N) is 2. The zero-order chi connectivity index (χ0) is 25.8. The number of thiophene rings is 1. The Morgan fingerprint density at radius 3 is 2.61 bits per heavy atom. The molecule has 1 aliphatic heterocycles. The third-order valence-electron chi connectivity index (χ3n) is 6.42. The molecule has 0 aliphatic carbocycles. The standard InChI is InChI=1S/C26H30ClN5O3S/c1-16(23-7-8-24(36-23)21-14-19(27)5-4-18(21)15-28-3)29-26(35)22-6-9-25(34)32(30-22)20-10-12-31(13-11-20)17(2)33/h4-9,14,16,20,28H,10-13,15H2,1-3H3,(H,29,35)/t16-/m1/s1. The normalized spacial score (nSPS) is 15.1. The van der Waals surface area contributed by atoms with Crippen molar-refractivity contribution in [3.8, 4) is 10.4 Å². The first kappa shape index (κ1) is 26.1. The summed E-state index contributed by atoms with van der Waals surface area (Å²) in [5.74, 6) is -0.313. The lowest BCUT2D eigenvalue weighted by molar-refractivity contribution is -0.130. The minimum absolute atomic E-state index is 0.0289. The highest BCUT2D eigenvalue weighted by molar-refractivity contribution is 7.15. The smallest absolute Gasteiger partial charge is 0.272 e. The average molecular weight is 528 g/mol. The van der Waals surface area contributed by atoms with Gasteiger partial charge in [0.05, 0.1) is 12.1 Å². The second-order valence-electron chi connectivity index (χ2n) is 8.97. The number of hydrogen-bond acceptors (Lipinski definition) is 6. The Kier molecular flexibility index (Phi) is 8.23. The topological polar surface area (TPSA) is 96.3 Å². The highest BCUT2D eigenvalue weighted by atomic mass is 35.5. The fraction of sp³-hybridized carbons (Fsp3) is 0.385. The zero-order valence-corrected chi connectivity index (χ0v) is 22.2. The lowest BCUT2D eigenvalue weighted by Gasteiger charge is -2.31. The summed E-state index contributed by atoms with van der Waals surface area (Å²) in [7, 11) is 1.90. The second-order valence-corrected chi connectivity index (χ2v) is 10.5. The molecule has 2 aromatic heterocycles. The van der Waals surface area contributed by atoms with Crippen LogP contribution in [-0.4, -0.2) is 46.6 Å². The highest BCUT2D eigenvalue weighted by Crippen LogP contribution is 2.35. The quantitative estimate of drug-likeness (QED) is 0.484. The third kappa shape index (κ3) is 5.86. The van der Waals surface area contributed by atoms with E-state index in [1.54, 1.807) is 23.2 Å². The van der Waals surface area contributed by atoms with E-state index in [0.717, 1.165) is 27.4 Å². The van der Waals surface area contributed by atoms with E-state index in [-0.39, 0.29) is 35.2 Å². The summed E-state index contributed by atoms with van der Waals surface area (Å²) >= 11 is 7.85. The van der Waals surface area contributed by atoms with Crippen molar-refractivity contribution < 1.29 is 9.59 Å². The highest BCUT2D eigenvalue weighted by Gasteiger charge is 2.24. The summed E-state index contributed by atoms with van der Waals surface area (Å²) in [6.45, 7) is 5.34. The molecule has 10 heteroatoms. The van der Waals surface area contributed by atoms with Gasteiger partial charge in [0.15, 0.2) is 0 Å². The Balaban J connectivity index is 1.47. The number of aromatic nitrogens is 2. The van der Waals surface area contributed by atoms with Crippen LogP contribution in [0.3, 0.4) is 0 Å². The van der Waals surface area contributed by atoms with E-state index in [1.165, 1.54) is 16.8 Å². The molecule has 0 saturated carbocycles. The predicted octanol–water partition coefficient (Wildman–Crippen LogP) is 4.02. The van der Waals surface area contributed by atoms with Crippen molar-refractivity contribution in [2.24, 2.45) is 0 Å². The Hall–Kier alpha value is -3.01. The van der Waals surface area contributed by atoms with Gasteiger partial charge >= 0.3 is 0 Å². The van der Waals surface area contributed by atoms with Crippen LogP contribution in [0.25, 0.3) is 10.4 Å². The van der Waals surface area contributed by atoms with Crippen molar-refractivity contribution in [3.63, 3.8) is 0 Å². The first-order valence-corrected chi connectivity index (χ1v) is 13.2. The fourth-order valence-electron chi connectivity index (χ4n) is 4.43. The summed E-state index contributed by atoms with van der Waals surface area (Å²) in [6, 6.07) is 12.4. The molecule has 36 heavy (non-hydrogen) atoms. The minimum Gasteiger partial charge on any atom is -0.343 e. The summed E-state index contributed by atoms with van der Waals surface area (Å²) in [6.07, 6.45) is 1.26. The molecule has 1 atom stereocenters. The molecule has 0 spiro atoms. The SMILES string of the molecule is CNCc1ccc(Cl)cc1-c1ccc([C@@H](C)NC(=O)c2ccc(=O)n(C3CCN(C(C)=O)CC3)n2)s1. The van der Waals surface area contributed by atoms with Crippen LogP contribution >= 0.6 is 22.9 Å². The van der Waals surface area contributed by atoms with Crippen molar-refractivity contribution in [2.45, 2.75) is 45.3 Å². The van der Waals surface area contributed by atoms with E-state index in [0.29, 0.717) is 31.0 Å². The monoisotopic (exact) mass is 527 g/mol. The Morgan fingerprint density at radius 2 is 1.92 bits per heavy atom. The number of nitrogens with zero attached hydrogens (tertiary/aromatic N) is 3. The van der Waals surface area contributed by atoms with E-state index >= 15 is 0 Å². The zero-order valence-electron chi connectivity index (χ0n) is 20.6. The van der Waals surface area contributed by atoms with E-state index in [2.05, 4.69) is 15.7 Å². The molecule has 0 bridgehead atoms. The molecular formula is C26H30ClN5O3S. The second kappa shape index (κ2) is 11.4. The Labute approximate surface area is 219 Å². The van der Waals surface area contributed by atoms with Gasteiger partial charge in [-0.05, 0) is 68.3 Å². The number of halogens is 1. The van der Waals surface area contributed by atoms with Gasteiger partial charge in [-0.15, -0.1) is 11.3 Å². The summed E-state index contributed by atoms with van der Waals surface area (Å²) in [4.78, 5) is 40.9. The Bertz CT molecular complexity index is 1310. The maximum absolute atomic E-state index is 13.0. The average Bonchev–Trinajstić information content (AvgIpc) is 3.36. The lowest BCUT2D eigenvalue weighted by Crippen LogP contribution is -2.41. The maximum atomic E-state index is 13.0. The number of hydrogen-bond donors (Lipinski definition) is 2. The number of carbonyl (C=O) groups is 2. The van der Waals surface area contributed by atoms with Crippen LogP contribution < -0.4 is 16.2 Å². The van der Waals surface area contributed by atoms with E-state index in [4.69, 9.17) is 11.6 Å². The van der Waals surface area contributed by atoms with Gasteiger partial charge in [-0.25, -0.2) is 4.68 Å². The van der Waals surface area contributed by atoms with Gasteiger partial charge in [0.2, 0.25) is 5.91 Å². The number of carbonyl (C=O) groups excluding carboxylic acids is 2. The molecule has 2 amide bonds. The molecule has 3 aromatic rings. The number of amides is 2. The molecule has 1 aliphatic rings. The third-order valence-corrected chi connectivity index (χ3v) is 7.96. The molecular weight excluding hydrogens is 498 g/mol. The molecule has 1 aromatic carbocycles. The van der Waals surface area contributed by atoms with Crippen LogP contribution in [0.1, 0.15) is 59.7 Å². The molecule has 3 heterocycles. The lowest BCUT2D eigenvalue weighted by atomic mass is 10.1. The first-order chi connectivity index (χ1) is 17.3. The molecule has 2 N–H and O–H groups in total. The van der Waals surface area contributed by atoms with E-state index < -0.39 is 0 Å².